The third-order valence-electron chi connectivity index (χ3n) is 5.87. The van der Waals surface area contributed by atoms with Gasteiger partial charge in [-0.15, -0.1) is 0 Å². The highest BCUT2D eigenvalue weighted by Gasteiger charge is 2.17. The molecule has 39 heavy (non-hydrogen) atoms. The predicted octanol–water partition coefficient (Wildman–Crippen LogP) is 7.30. The zero-order valence-electron chi connectivity index (χ0n) is 20.2. The van der Waals surface area contributed by atoms with E-state index in [1.165, 1.54) is 24.3 Å². The monoisotopic (exact) mass is 538 g/mol. The van der Waals surface area contributed by atoms with Crippen LogP contribution in [0.25, 0.3) is 22.2 Å². The zero-order chi connectivity index (χ0) is 27.4. The molecule has 0 N–H and O–H groups in total. The number of esters is 1. The van der Waals surface area contributed by atoms with E-state index in [4.69, 9.17) is 21.1 Å². The van der Waals surface area contributed by atoms with Gasteiger partial charge in [0, 0.05) is 33.7 Å². The maximum atomic E-state index is 13.1. The normalized spacial score (nSPS) is 10.7. The van der Waals surface area contributed by atoms with Crippen molar-refractivity contribution in [2.24, 2.45) is 0 Å². The highest BCUT2D eigenvalue weighted by Crippen LogP contribution is 2.27. The Labute approximate surface area is 227 Å². The fourth-order valence-corrected chi connectivity index (χ4v) is 4.01. The average Bonchev–Trinajstić information content (AvgIpc) is 2.96. The summed E-state index contributed by atoms with van der Waals surface area (Å²) in [4.78, 5) is 40.7. The molecule has 192 valence electrons. The molecule has 0 saturated carbocycles. The van der Waals surface area contributed by atoms with Crippen molar-refractivity contribution in [2.45, 2.75) is 0 Å². The maximum Gasteiger partial charge on any atom is 0.339 e. The van der Waals surface area contributed by atoms with Crippen molar-refractivity contribution >= 4 is 39.9 Å². The second-order valence-electron chi connectivity index (χ2n) is 8.46. The van der Waals surface area contributed by atoms with E-state index in [0.717, 1.165) is 5.56 Å². The number of aromatic nitrogens is 1. The molecule has 5 aromatic rings. The van der Waals surface area contributed by atoms with Gasteiger partial charge in [-0.2, -0.15) is 0 Å². The molecule has 0 aliphatic carbocycles. The number of para-hydroxylation sites is 1. The lowest BCUT2D eigenvalue weighted by atomic mass is 10.0. The van der Waals surface area contributed by atoms with E-state index < -0.39 is 17.5 Å². The molecule has 4 aromatic carbocycles. The summed E-state index contributed by atoms with van der Waals surface area (Å²) in [6.07, 6.45) is 0. The Kier molecular flexibility index (Phi) is 7.29. The van der Waals surface area contributed by atoms with Crippen molar-refractivity contribution in [3.8, 4) is 22.8 Å². The molecule has 1 heterocycles. The molecule has 0 unspecified atom stereocenters. The van der Waals surface area contributed by atoms with Crippen LogP contribution in [0.15, 0.2) is 103 Å². The molecule has 0 bridgehead atoms. The summed E-state index contributed by atoms with van der Waals surface area (Å²) in [6, 6.07) is 27.9. The number of nitro benzene ring substituents is 1. The van der Waals surface area contributed by atoms with E-state index in [1.54, 1.807) is 60.7 Å². The largest absolute Gasteiger partial charge is 0.457 e. The van der Waals surface area contributed by atoms with Gasteiger partial charge in [-0.05, 0) is 60.7 Å². The van der Waals surface area contributed by atoms with Crippen molar-refractivity contribution in [1.29, 1.82) is 0 Å². The first-order valence-corrected chi connectivity index (χ1v) is 12.1. The number of hydrogen-bond donors (Lipinski definition) is 0. The Hall–Kier alpha value is -5.08. The van der Waals surface area contributed by atoms with Crippen LogP contribution in [0.4, 0.5) is 5.69 Å². The van der Waals surface area contributed by atoms with E-state index in [-0.39, 0.29) is 11.5 Å². The van der Waals surface area contributed by atoms with Gasteiger partial charge < -0.3 is 9.47 Å². The Bertz CT molecular complexity index is 1680. The molecule has 0 spiro atoms. The van der Waals surface area contributed by atoms with E-state index >= 15 is 0 Å². The number of ether oxygens (including phenoxy) is 2. The third kappa shape index (κ3) is 5.92. The second kappa shape index (κ2) is 11.1. The quantitative estimate of drug-likeness (QED) is 0.0882. The number of hydrogen-bond acceptors (Lipinski definition) is 7. The highest BCUT2D eigenvalue weighted by atomic mass is 35.5. The van der Waals surface area contributed by atoms with E-state index in [2.05, 4.69) is 4.98 Å². The number of carbonyl (C=O) groups is 2. The average molecular weight is 539 g/mol. The molecule has 0 fully saturated rings. The summed E-state index contributed by atoms with van der Waals surface area (Å²) in [5, 5.41) is 12.0. The van der Waals surface area contributed by atoms with E-state index in [1.807, 2.05) is 18.2 Å². The smallest absolute Gasteiger partial charge is 0.339 e. The molecular weight excluding hydrogens is 520 g/mol. The topological polar surface area (TPSA) is 109 Å². The number of carbonyl (C=O) groups excluding carboxylic acids is 2. The van der Waals surface area contributed by atoms with Gasteiger partial charge in [-0.25, -0.2) is 9.78 Å². The van der Waals surface area contributed by atoms with E-state index in [0.29, 0.717) is 44.2 Å². The van der Waals surface area contributed by atoms with Crippen molar-refractivity contribution in [1.82, 2.24) is 4.98 Å². The number of non-ortho nitro benzene ring substituents is 1. The number of Topliss-reactive ketones (excluding diaryl/α,β-unsaturated/α-hetero) is 1. The first-order chi connectivity index (χ1) is 18.9. The molecule has 0 atom stereocenters. The predicted molar refractivity (Wildman–Crippen MR) is 146 cm³/mol. The Morgan fingerprint density at radius 3 is 2.15 bits per heavy atom. The van der Waals surface area contributed by atoms with Gasteiger partial charge in [-0.3, -0.25) is 14.9 Å². The van der Waals surface area contributed by atoms with Gasteiger partial charge in [0.05, 0.1) is 21.7 Å². The molecule has 0 amide bonds. The highest BCUT2D eigenvalue weighted by molar-refractivity contribution is 6.30. The van der Waals surface area contributed by atoms with Gasteiger partial charge in [0.15, 0.2) is 12.4 Å². The van der Waals surface area contributed by atoms with Crippen LogP contribution < -0.4 is 4.74 Å². The Balaban J connectivity index is 1.28. The lowest BCUT2D eigenvalue weighted by molar-refractivity contribution is -0.384. The van der Waals surface area contributed by atoms with Crippen LogP contribution in [0, 0.1) is 10.1 Å². The van der Waals surface area contributed by atoms with Crippen LogP contribution in [0.2, 0.25) is 5.02 Å². The molecule has 1 aromatic heterocycles. The number of pyridine rings is 1. The molecular formula is C30H19ClN2O6. The van der Waals surface area contributed by atoms with Crippen molar-refractivity contribution in [3.63, 3.8) is 0 Å². The molecule has 5 rings (SSSR count). The summed E-state index contributed by atoms with van der Waals surface area (Å²) in [7, 11) is 0. The standard InChI is InChI=1S/C30H19ClN2O6/c31-21-9-5-19(6-10-21)28-17-26(25-3-1-2-4-27(25)32-28)30(35)38-18-29(34)20-7-13-23(14-8-20)39-24-15-11-22(12-16-24)33(36)37/h1-17H,18H2. The first kappa shape index (κ1) is 25.6. The summed E-state index contributed by atoms with van der Waals surface area (Å²) < 4.78 is 11.1. The van der Waals surface area contributed by atoms with Crippen molar-refractivity contribution < 1.29 is 24.0 Å². The second-order valence-corrected chi connectivity index (χ2v) is 8.89. The van der Waals surface area contributed by atoms with Crippen LogP contribution in [0.1, 0.15) is 20.7 Å². The third-order valence-corrected chi connectivity index (χ3v) is 6.12. The SMILES string of the molecule is O=C(COC(=O)c1cc(-c2ccc(Cl)cc2)nc2ccccc12)c1ccc(Oc2ccc([N+](=O)[O-])cc2)cc1. The molecule has 0 aliphatic heterocycles. The molecule has 0 saturated heterocycles. The number of nitro groups is 1. The van der Waals surface area contributed by atoms with Gasteiger partial charge in [-0.1, -0.05) is 41.9 Å². The summed E-state index contributed by atoms with van der Waals surface area (Å²) in [6.45, 7) is -0.450. The van der Waals surface area contributed by atoms with Crippen LogP contribution in [-0.2, 0) is 4.74 Å². The summed E-state index contributed by atoms with van der Waals surface area (Å²) in [5.41, 5.74) is 2.56. The van der Waals surface area contributed by atoms with Crippen LogP contribution in [0.3, 0.4) is 0 Å². The fourth-order valence-electron chi connectivity index (χ4n) is 3.89. The van der Waals surface area contributed by atoms with Crippen LogP contribution in [0.5, 0.6) is 11.5 Å². The molecule has 8 nitrogen and oxygen atoms in total. The Morgan fingerprint density at radius 1 is 0.846 bits per heavy atom. The number of halogens is 1. The zero-order valence-corrected chi connectivity index (χ0v) is 21.0. The summed E-state index contributed by atoms with van der Waals surface area (Å²) >= 11 is 6.00. The van der Waals surface area contributed by atoms with Crippen molar-refractivity contribution in [2.75, 3.05) is 6.61 Å². The Morgan fingerprint density at radius 2 is 1.49 bits per heavy atom. The number of rotatable bonds is 8. The fraction of sp³-hybridized carbons (Fsp3) is 0.0333. The molecule has 9 heteroatoms. The first-order valence-electron chi connectivity index (χ1n) is 11.8. The van der Waals surface area contributed by atoms with Crippen LogP contribution in [-0.4, -0.2) is 28.3 Å². The summed E-state index contributed by atoms with van der Waals surface area (Å²) in [5.74, 6) is -0.177. The maximum absolute atomic E-state index is 13.1. The van der Waals surface area contributed by atoms with Crippen LogP contribution >= 0.6 is 11.6 Å². The van der Waals surface area contributed by atoms with Gasteiger partial charge >= 0.3 is 5.97 Å². The minimum atomic E-state index is -0.643. The number of benzene rings is 4. The number of ketones is 1. The van der Waals surface area contributed by atoms with Gasteiger partial charge in [0.2, 0.25) is 0 Å². The number of fused-ring (bicyclic) bond motifs is 1. The van der Waals surface area contributed by atoms with Crippen molar-refractivity contribution in [3.05, 3.63) is 129 Å². The minimum Gasteiger partial charge on any atom is -0.457 e. The van der Waals surface area contributed by atoms with Gasteiger partial charge in [0.25, 0.3) is 5.69 Å². The van der Waals surface area contributed by atoms with Gasteiger partial charge in [0.1, 0.15) is 11.5 Å². The molecule has 0 aliphatic rings. The minimum absolute atomic E-state index is 0.0428. The number of nitrogens with zero attached hydrogens (tertiary/aromatic N) is 2. The molecule has 0 radical (unpaired) electrons. The lowest BCUT2D eigenvalue weighted by Gasteiger charge is -2.10. The van der Waals surface area contributed by atoms with E-state index in [9.17, 15) is 19.7 Å². The lowest BCUT2D eigenvalue weighted by Crippen LogP contribution is -2.15.